The van der Waals surface area contributed by atoms with Crippen molar-refractivity contribution in [3.63, 3.8) is 0 Å². The molecule has 2 aliphatic rings. The number of carbonyl (C=O) groups is 1. The van der Waals surface area contributed by atoms with Crippen molar-refractivity contribution in [2.45, 2.75) is 31.3 Å². The SMILES string of the molecule is C[C@@H](CNC(=O)C1=NO[C@]2(CCN(c3ccccn3)C2)C1)c1ccccc1. The summed E-state index contributed by atoms with van der Waals surface area (Å²) in [6.45, 7) is 4.23. The number of aromatic nitrogens is 1. The first-order chi connectivity index (χ1) is 13.2. The van der Waals surface area contributed by atoms with Crippen molar-refractivity contribution in [1.29, 1.82) is 0 Å². The lowest BCUT2D eigenvalue weighted by atomic mass is 9.96. The molecule has 1 aromatic carbocycles. The number of anilines is 1. The molecule has 140 valence electrons. The molecule has 0 aliphatic carbocycles. The van der Waals surface area contributed by atoms with Gasteiger partial charge in [0, 0.05) is 32.1 Å². The van der Waals surface area contributed by atoms with Crippen LogP contribution < -0.4 is 10.2 Å². The van der Waals surface area contributed by atoms with Crippen LogP contribution in [-0.2, 0) is 9.63 Å². The zero-order valence-electron chi connectivity index (χ0n) is 15.5. The fourth-order valence-corrected chi connectivity index (χ4v) is 3.69. The Kier molecular flexibility index (Phi) is 4.79. The minimum absolute atomic E-state index is 0.133. The highest BCUT2D eigenvalue weighted by Gasteiger charge is 2.47. The molecule has 1 fully saturated rings. The summed E-state index contributed by atoms with van der Waals surface area (Å²) >= 11 is 0. The number of carbonyl (C=O) groups excluding carboxylic acids is 1. The molecule has 0 radical (unpaired) electrons. The maximum absolute atomic E-state index is 12.5. The van der Waals surface area contributed by atoms with Crippen molar-refractivity contribution in [1.82, 2.24) is 10.3 Å². The minimum Gasteiger partial charge on any atom is -0.386 e. The van der Waals surface area contributed by atoms with Gasteiger partial charge in [0.15, 0.2) is 5.60 Å². The van der Waals surface area contributed by atoms with E-state index in [-0.39, 0.29) is 11.8 Å². The van der Waals surface area contributed by atoms with Crippen molar-refractivity contribution < 1.29 is 9.63 Å². The lowest BCUT2D eigenvalue weighted by Gasteiger charge is -2.22. The molecule has 0 saturated carbocycles. The third-order valence-electron chi connectivity index (χ3n) is 5.33. The van der Waals surface area contributed by atoms with Crippen molar-refractivity contribution in [2.75, 3.05) is 24.5 Å². The second-order valence-corrected chi connectivity index (χ2v) is 7.37. The lowest BCUT2D eigenvalue weighted by Crippen LogP contribution is -2.38. The highest BCUT2D eigenvalue weighted by atomic mass is 16.7. The molecule has 1 aromatic heterocycles. The molecule has 2 atom stereocenters. The number of hydrogen-bond acceptors (Lipinski definition) is 5. The summed E-state index contributed by atoms with van der Waals surface area (Å²) in [5.41, 5.74) is 1.29. The highest BCUT2D eigenvalue weighted by molar-refractivity contribution is 6.39. The summed E-state index contributed by atoms with van der Waals surface area (Å²) in [6.07, 6.45) is 3.17. The van der Waals surface area contributed by atoms with Crippen LogP contribution >= 0.6 is 0 Å². The molecule has 1 saturated heterocycles. The van der Waals surface area contributed by atoms with Crippen LogP contribution in [-0.4, -0.2) is 41.8 Å². The third kappa shape index (κ3) is 3.79. The van der Waals surface area contributed by atoms with Crippen LogP contribution in [0.15, 0.2) is 59.9 Å². The molecule has 2 aromatic rings. The number of nitrogens with zero attached hydrogens (tertiary/aromatic N) is 3. The molecule has 0 unspecified atom stereocenters. The van der Waals surface area contributed by atoms with Crippen LogP contribution in [0.1, 0.15) is 31.2 Å². The van der Waals surface area contributed by atoms with Crippen LogP contribution in [0.2, 0.25) is 0 Å². The predicted octanol–water partition coefficient (Wildman–Crippen LogP) is 2.73. The normalized spacial score (nSPS) is 22.4. The lowest BCUT2D eigenvalue weighted by molar-refractivity contribution is -0.115. The topological polar surface area (TPSA) is 66.8 Å². The molecule has 2 aliphatic heterocycles. The van der Waals surface area contributed by atoms with E-state index >= 15 is 0 Å². The van der Waals surface area contributed by atoms with Crippen LogP contribution in [0.5, 0.6) is 0 Å². The Hall–Kier alpha value is -2.89. The van der Waals surface area contributed by atoms with Gasteiger partial charge in [0.2, 0.25) is 0 Å². The number of hydrogen-bond donors (Lipinski definition) is 1. The van der Waals surface area contributed by atoms with Gasteiger partial charge in [-0.25, -0.2) is 4.98 Å². The van der Waals surface area contributed by atoms with Crippen LogP contribution in [0.3, 0.4) is 0 Å². The predicted molar refractivity (Wildman–Crippen MR) is 105 cm³/mol. The van der Waals surface area contributed by atoms with Gasteiger partial charge in [-0.15, -0.1) is 0 Å². The maximum Gasteiger partial charge on any atom is 0.269 e. The summed E-state index contributed by atoms with van der Waals surface area (Å²) in [5, 5.41) is 7.10. The molecule has 1 amide bonds. The zero-order chi connectivity index (χ0) is 18.7. The highest BCUT2D eigenvalue weighted by Crippen LogP contribution is 2.35. The number of oxime groups is 1. The number of rotatable bonds is 5. The average Bonchev–Trinajstić information content (AvgIpc) is 3.34. The third-order valence-corrected chi connectivity index (χ3v) is 5.33. The van der Waals surface area contributed by atoms with Crippen LogP contribution in [0.4, 0.5) is 5.82 Å². The maximum atomic E-state index is 12.5. The van der Waals surface area contributed by atoms with E-state index in [1.807, 2.05) is 36.4 Å². The van der Waals surface area contributed by atoms with E-state index in [2.05, 4.69) is 39.4 Å². The Labute approximate surface area is 159 Å². The van der Waals surface area contributed by atoms with E-state index in [4.69, 9.17) is 4.84 Å². The number of pyridine rings is 1. The van der Waals surface area contributed by atoms with Crippen molar-refractivity contribution in [2.24, 2.45) is 5.16 Å². The van der Waals surface area contributed by atoms with E-state index < -0.39 is 5.60 Å². The van der Waals surface area contributed by atoms with Gasteiger partial charge in [0.25, 0.3) is 5.91 Å². The zero-order valence-corrected chi connectivity index (χ0v) is 15.5. The number of benzene rings is 1. The van der Waals surface area contributed by atoms with Gasteiger partial charge in [-0.05, 0) is 23.6 Å². The van der Waals surface area contributed by atoms with Gasteiger partial charge in [-0.3, -0.25) is 4.79 Å². The second kappa shape index (κ2) is 7.39. The minimum atomic E-state index is -0.407. The smallest absolute Gasteiger partial charge is 0.269 e. The first-order valence-electron chi connectivity index (χ1n) is 9.39. The summed E-state index contributed by atoms with van der Waals surface area (Å²) < 4.78 is 0. The van der Waals surface area contributed by atoms with Gasteiger partial charge in [0.1, 0.15) is 11.5 Å². The van der Waals surface area contributed by atoms with E-state index in [1.54, 1.807) is 6.20 Å². The molecule has 1 N–H and O–H groups in total. The molecule has 1 spiro atoms. The Morgan fingerprint density at radius 2 is 2.07 bits per heavy atom. The average molecular weight is 364 g/mol. The molecular formula is C21H24N4O2. The Morgan fingerprint density at radius 3 is 2.85 bits per heavy atom. The van der Waals surface area contributed by atoms with Crippen molar-refractivity contribution in [3.05, 3.63) is 60.3 Å². The first kappa shape index (κ1) is 17.5. The second-order valence-electron chi connectivity index (χ2n) is 7.37. The standard InChI is InChI=1S/C21H24N4O2/c1-16(17-7-3-2-4-8-17)14-23-20(26)18-13-21(27-24-18)10-12-25(15-21)19-9-5-6-11-22-19/h2-9,11,16H,10,12-15H2,1H3,(H,23,26)/t16-,21+/m0/s1. The van der Waals surface area contributed by atoms with E-state index in [0.717, 1.165) is 18.8 Å². The molecule has 0 bridgehead atoms. The van der Waals surface area contributed by atoms with E-state index in [9.17, 15) is 4.79 Å². The van der Waals surface area contributed by atoms with Crippen LogP contribution in [0.25, 0.3) is 0 Å². The summed E-state index contributed by atoms with van der Waals surface area (Å²) in [5.74, 6) is 1.05. The fourth-order valence-electron chi connectivity index (χ4n) is 3.69. The van der Waals surface area contributed by atoms with Crippen molar-refractivity contribution >= 4 is 17.4 Å². The number of amides is 1. The van der Waals surface area contributed by atoms with E-state index in [0.29, 0.717) is 25.2 Å². The van der Waals surface area contributed by atoms with Crippen molar-refractivity contribution in [3.8, 4) is 0 Å². The van der Waals surface area contributed by atoms with Gasteiger partial charge >= 0.3 is 0 Å². The first-order valence-corrected chi connectivity index (χ1v) is 9.39. The molecule has 4 rings (SSSR count). The molecular weight excluding hydrogens is 340 g/mol. The summed E-state index contributed by atoms with van der Waals surface area (Å²) in [4.78, 5) is 24.8. The number of nitrogens with one attached hydrogen (secondary N) is 1. The molecule has 27 heavy (non-hydrogen) atoms. The molecule has 6 heteroatoms. The monoisotopic (exact) mass is 364 g/mol. The van der Waals surface area contributed by atoms with Gasteiger partial charge in [-0.1, -0.05) is 48.5 Å². The summed E-state index contributed by atoms with van der Waals surface area (Å²) in [7, 11) is 0. The summed E-state index contributed by atoms with van der Waals surface area (Å²) in [6, 6.07) is 16.1. The quantitative estimate of drug-likeness (QED) is 0.886. The Morgan fingerprint density at radius 1 is 1.26 bits per heavy atom. The largest absolute Gasteiger partial charge is 0.386 e. The molecule has 3 heterocycles. The van der Waals surface area contributed by atoms with Gasteiger partial charge in [-0.2, -0.15) is 0 Å². The Bertz CT molecular complexity index is 825. The van der Waals surface area contributed by atoms with Gasteiger partial charge < -0.3 is 15.1 Å². The Balaban J connectivity index is 1.31. The fraction of sp³-hybridized carbons (Fsp3) is 0.381. The van der Waals surface area contributed by atoms with Crippen LogP contribution in [0, 0.1) is 0 Å². The molecule has 6 nitrogen and oxygen atoms in total. The van der Waals surface area contributed by atoms with E-state index in [1.165, 1.54) is 5.56 Å². The van der Waals surface area contributed by atoms with Gasteiger partial charge in [0.05, 0.1) is 6.54 Å².